The van der Waals surface area contributed by atoms with Crippen LogP contribution in [0.25, 0.3) is 0 Å². The molecule has 0 fully saturated rings. The summed E-state index contributed by atoms with van der Waals surface area (Å²) in [7, 11) is -4.58. The van der Waals surface area contributed by atoms with Gasteiger partial charge in [-0.05, 0) is 0 Å². The first kappa shape index (κ1) is 9.55. The maximum atomic E-state index is 10.3. The molecule has 0 bridgehead atoms. The molecule has 11 heavy (non-hydrogen) atoms. The van der Waals surface area contributed by atoms with Crippen LogP contribution in [-0.2, 0) is 23.4 Å². The highest BCUT2D eigenvalue weighted by Crippen LogP contribution is 2.43. The molecule has 0 radical (unpaired) electrons. The summed E-state index contributed by atoms with van der Waals surface area (Å²) in [5.74, 6) is 0. The van der Waals surface area contributed by atoms with Crippen LogP contribution in [0.3, 0.4) is 0 Å². The lowest BCUT2D eigenvalue weighted by Crippen LogP contribution is -1.83. The van der Waals surface area contributed by atoms with Crippen LogP contribution in [0.4, 0.5) is 0 Å². The second-order valence-corrected chi connectivity index (χ2v) is 2.26. The summed E-state index contributed by atoms with van der Waals surface area (Å²) >= 11 is 0. The van der Waals surface area contributed by atoms with E-state index in [1.54, 1.807) is 0 Å². The molecule has 0 aliphatic heterocycles. The van der Waals surface area contributed by atoms with Crippen LogP contribution < -0.4 is 0 Å². The van der Waals surface area contributed by atoms with Gasteiger partial charge in [-0.3, -0.25) is 14.1 Å². The molecule has 0 saturated carbocycles. The van der Waals surface area contributed by atoms with Gasteiger partial charge in [0.25, 0.3) is 12.2 Å². The second kappa shape index (κ2) is 4.38. The van der Waals surface area contributed by atoms with E-state index in [0.29, 0.717) is 0 Å². The van der Waals surface area contributed by atoms with E-state index in [0.717, 1.165) is 12.2 Å². The SMILES string of the molecule is O=C=NOP(=O)(O)ON=C=O. The minimum Gasteiger partial charge on any atom is -0.280 e. The van der Waals surface area contributed by atoms with Gasteiger partial charge >= 0.3 is 7.82 Å². The smallest absolute Gasteiger partial charge is 0.280 e. The van der Waals surface area contributed by atoms with Crippen molar-refractivity contribution in [2.24, 2.45) is 10.3 Å². The van der Waals surface area contributed by atoms with Gasteiger partial charge in [-0.25, -0.2) is 14.2 Å². The Labute approximate surface area is 59.7 Å². The minimum atomic E-state index is -4.58. The van der Waals surface area contributed by atoms with Crippen LogP contribution in [0, 0.1) is 0 Å². The second-order valence-electron chi connectivity index (χ2n) is 0.997. The Morgan fingerprint density at radius 1 is 1.18 bits per heavy atom. The summed E-state index contributed by atoms with van der Waals surface area (Å²) in [6.07, 6.45) is 1.60. The van der Waals surface area contributed by atoms with E-state index in [1.807, 2.05) is 0 Å². The van der Waals surface area contributed by atoms with Crippen LogP contribution in [0.1, 0.15) is 0 Å². The number of rotatable bonds is 4. The molecule has 9 heteroatoms. The molecule has 1 N–H and O–H groups in total. The summed E-state index contributed by atoms with van der Waals surface area (Å²) in [5, 5.41) is 4.53. The van der Waals surface area contributed by atoms with Gasteiger partial charge in [-0.15, -0.1) is 0 Å². The van der Waals surface area contributed by atoms with Gasteiger partial charge in [0.2, 0.25) is 0 Å². The summed E-state index contributed by atoms with van der Waals surface area (Å²) in [5.41, 5.74) is 0. The van der Waals surface area contributed by atoms with Crippen LogP contribution in [0.5, 0.6) is 0 Å². The third-order valence-corrected chi connectivity index (χ3v) is 0.939. The molecule has 0 aromatic rings. The third kappa shape index (κ3) is 5.02. The van der Waals surface area contributed by atoms with Crippen molar-refractivity contribution < 1.29 is 28.3 Å². The maximum Gasteiger partial charge on any atom is 0.627 e. The molecular formula is C2HN2O6P. The predicted molar refractivity (Wildman–Crippen MR) is 28.2 cm³/mol. The molecular weight excluding hydrogens is 179 g/mol. The molecule has 0 aromatic carbocycles. The highest BCUT2D eigenvalue weighted by molar-refractivity contribution is 7.47. The number of isocyanates is 2. The molecule has 0 unspecified atom stereocenters. The molecule has 0 amide bonds. The topological polar surface area (TPSA) is 115 Å². The van der Waals surface area contributed by atoms with Gasteiger partial charge in [0, 0.05) is 10.3 Å². The molecule has 0 aliphatic carbocycles. The first-order valence-electron chi connectivity index (χ1n) is 1.97. The standard InChI is InChI=1S/C2HN2O6P/c5-1-3-9-11(7,8)10-4-2-6/h(H,7,8). The first-order valence-corrected chi connectivity index (χ1v) is 3.46. The van der Waals surface area contributed by atoms with Crippen LogP contribution in [0.15, 0.2) is 10.3 Å². The van der Waals surface area contributed by atoms with Crippen molar-refractivity contribution in [3.8, 4) is 0 Å². The molecule has 0 saturated heterocycles. The van der Waals surface area contributed by atoms with Crippen molar-refractivity contribution >= 4 is 20.0 Å². The number of nitrogens with zero attached hydrogens (tertiary/aromatic N) is 2. The fraction of sp³-hybridized carbons (Fsp3) is 0. The normalized spacial score (nSPS) is 13.2. The molecule has 0 aromatic heterocycles. The molecule has 0 spiro atoms. The van der Waals surface area contributed by atoms with Crippen molar-refractivity contribution in [3.05, 3.63) is 0 Å². The van der Waals surface area contributed by atoms with Gasteiger partial charge in [0.1, 0.15) is 0 Å². The Bertz CT molecular complexity index is 238. The van der Waals surface area contributed by atoms with E-state index in [9.17, 15) is 14.2 Å². The van der Waals surface area contributed by atoms with Crippen molar-refractivity contribution in [3.63, 3.8) is 0 Å². The quantitative estimate of drug-likeness (QED) is 0.273. The number of hydrogen-bond donors (Lipinski definition) is 1. The van der Waals surface area contributed by atoms with E-state index >= 15 is 0 Å². The average Bonchev–Trinajstić information content (AvgIpc) is 1.97. The van der Waals surface area contributed by atoms with Gasteiger partial charge < -0.3 is 0 Å². The highest BCUT2D eigenvalue weighted by atomic mass is 31.2. The van der Waals surface area contributed by atoms with Gasteiger partial charge in [0.15, 0.2) is 0 Å². The van der Waals surface area contributed by atoms with Crippen LogP contribution in [-0.4, -0.2) is 17.1 Å². The molecule has 60 valence electrons. The maximum absolute atomic E-state index is 10.3. The first-order chi connectivity index (χ1) is 5.12. The number of carbonyl (C=O) groups excluding carboxylic acids is 2. The van der Waals surface area contributed by atoms with Crippen molar-refractivity contribution in [2.75, 3.05) is 0 Å². The summed E-state index contributed by atoms with van der Waals surface area (Å²) < 4.78 is 17.3. The molecule has 0 atom stereocenters. The molecule has 8 nitrogen and oxygen atoms in total. The van der Waals surface area contributed by atoms with E-state index in [4.69, 9.17) is 4.89 Å². The molecule has 0 aliphatic rings. The Hall–Kier alpha value is -1.45. The molecule has 0 heterocycles. The lowest BCUT2D eigenvalue weighted by Gasteiger charge is -1.98. The lowest BCUT2D eigenvalue weighted by atomic mass is 11.7. The summed E-state index contributed by atoms with van der Waals surface area (Å²) in [6, 6.07) is 0. The van der Waals surface area contributed by atoms with Gasteiger partial charge in [-0.2, -0.15) is 0 Å². The molecule has 0 rings (SSSR count). The third-order valence-electron chi connectivity index (χ3n) is 0.363. The summed E-state index contributed by atoms with van der Waals surface area (Å²) in [4.78, 5) is 27.0. The Morgan fingerprint density at radius 3 is 1.82 bits per heavy atom. The minimum absolute atomic E-state index is 0.801. The van der Waals surface area contributed by atoms with Gasteiger partial charge in [0.05, 0.1) is 0 Å². The monoisotopic (exact) mass is 180 g/mol. The largest absolute Gasteiger partial charge is 0.627 e. The Morgan fingerprint density at radius 2 is 1.55 bits per heavy atom. The fourth-order valence-corrected chi connectivity index (χ4v) is 0.454. The Kier molecular flexibility index (Phi) is 3.80. The van der Waals surface area contributed by atoms with Gasteiger partial charge in [-0.1, -0.05) is 0 Å². The van der Waals surface area contributed by atoms with E-state index in [-0.39, 0.29) is 0 Å². The van der Waals surface area contributed by atoms with Crippen molar-refractivity contribution in [1.82, 2.24) is 0 Å². The number of phosphoric acid groups is 1. The zero-order chi connectivity index (χ0) is 8.74. The highest BCUT2D eigenvalue weighted by Gasteiger charge is 2.24. The van der Waals surface area contributed by atoms with Crippen LogP contribution >= 0.6 is 7.82 Å². The fourth-order valence-electron chi connectivity index (χ4n) is 0.151. The zero-order valence-electron chi connectivity index (χ0n) is 4.83. The Balaban J connectivity index is 4.10. The van der Waals surface area contributed by atoms with E-state index in [1.165, 1.54) is 0 Å². The lowest BCUT2D eigenvalue weighted by molar-refractivity contribution is 0.157. The van der Waals surface area contributed by atoms with Crippen molar-refractivity contribution in [2.45, 2.75) is 0 Å². The van der Waals surface area contributed by atoms with Crippen LogP contribution in [0.2, 0.25) is 0 Å². The average molecular weight is 180 g/mol. The van der Waals surface area contributed by atoms with Crippen molar-refractivity contribution in [1.29, 1.82) is 0 Å². The summed E-state index contributed by atoms with van der Waals surface area (Å²) in [6.45, 7) is 0. The zero-order valence-corrected chi connectivity index (χ0v) is 5.72. The predicted octanol–water partition coefficient (Wildman–Crippen LogP) is -0.378. The number of hydrogen-bond acceptors (Lipinski definition) is 7. The van der Waals surface area contributed by atoms with E-state index in [2.05, 4.69) is 19.6 Å². The van der Waals surface area contributed by atoms with E-state index < -0.39 is 7.82 Å².